The molecule has 3 heteroatoms. The van der Waals surface area contributed by atoms with E-state index in [-0.39, 0.29) is 5.41 Å². The predicted octanol–water partition coefficient (Wildman–Crippen LogP) is 18.6. The van der Waals surface area contributed by atoms with Crippen LogP contribution in [0.2, 0.25) is 0 Å². The van der Waals surface area contributed by atoms with E-state index in [0.717, 1.165) is 33.5 Å². The Hall–Kier alpha value is -8.50. The van der Waals surface area contributed by atoms with Gasteiger partial charge in [0.1, 0.15) is 0 Å². The average Bonchev–Trinajstić information content (AvgIpc) is 3.90. The van der Waals surface area contributed by atoms with Crippen molar-refractivity contribution in [2.45, 2.75) is 19.3 Å². The summed E-state index contributed by atoms with van der Waals surface area (Å²) in [5.41, 5.74) is 17.1. The molecule has 0 amide bonds. The summed E-state index contributed by atoms with van der Waals surface area (Å²) in [7, 11) is 0. The highest BCUT2D eigenvalue weighted by Gasteiger charge is 2.37. The molecule has 0 saturated carbocycles. The van der Waals surface area contributed by atoms with Gasteiger partial charge in [-0.1, -0.05) is 190 Å². The van der Waals surface area contributed by atoms with E-state index in [4.69, 9.17) is 9.97 Å². The normalized spacial score (nSPS) is 12.8. The summed E-state index contributed by atoms with van der Waals surface area (Å²) in [5, 5.41) is 9.89. The summed E-state index contributed by atoms with van der Waals surface area (Å²) in [5.74, 6) is 0.706. The van der Waals surface area contributed by atoms with Crippen molar-refractivity contribution >= 4 is 63.8 Å². The van der Waals surface area contributed by atoms with Gasteiger partial charge in [-0.3, -0.25) is 0 Å². The van der Waals surface area contributed by atoms with E-state index >= 15 is 0 Å². The second-order valence-electron chi connectivity index (χ2n) is 19.3. The molecule has 0 fully saturated rings. The minimum Gasteiger partial charge on any atom is -0.228 e. The van der Waals surface area contributed by atoms with E-state index in [1.165, 1.54) is 103 Å². The third-order valence-corrected chi connectivity index (χ3v) is 16.0. The van der Waals surface area contributed by atoms with Gasteiger partial charge < -0.3 is 0 Å². The van der Waals surface area contributed by atoms with E-state index in [0.29, 0.717) is 5.82 Å². The fourth-order valence-corrected chi connectivity index (χ4v) is 12.5. The molecule has 0 radical (unpaired) electrons. The van der Waals surface area contributed by atoms with Gasteiger partial charge in [0.2, 0.25) is 0 Å². The molecule has 13 aromatic rings. The van der Waals surface area contributed by atoms with Gasteiger partial charge in [-0.25, -0.2) is 9.97 Å². The molecule has 2 heterocycles. The summed E-state index contributed by atoms with van der Waals surface area (Å²) in [4.78, 5) is 10.9. The molecule has 70 heavy (non-hydrogen) atoms. The zero-order chi connectivity index (χ0) is 46.5. The lowest BCUT2D eigenvalue weighted by Gasteiger charge is -2.22. The molecule has 2 aromatic heterocycles. The molecule has 14 rings (SSSR count). The smallest absolute Gasteiger partial charge is 0.160 e. The Morgan fingerprint density at radius 2 is 0.886 bits per heavy atom. The number of fused-ring (bicyclic) bond motifs is 9. The van der Waals surface area contributed by atoms with Crippen molar-refractivity contribution in [2.75, 3.05) is 0 Å². The number of hydrogen-bond acceptors (Lipinski definition) is 3. The second kappa shape index (κ2) is 15.8. The van der Waals surface area contributed by atoms with Crippen LogP contribution in [0.4, 0.5) is 0 Å². The van der Waals surface area contributed by atoms with Gasteiger partial charge in [0.15, 0.2) is 5.82 Å². The number of nitrogens with zero attached hydrogens (tertiary/aromatic N) is 2. The highest BCUT2D eigenvalue weighted by Crippen LogP contribution is 2.53. The second-order valence-corrected chi connectivity index (χ2v) is 20.4. The molecule has 2 nitrogen and oxygen atoms in total. The van der Waals surface area contributed by atoms with Gasteiger partial charge >= 0.3 is 0 Å². The van der Waals surface area contributed by atoms with Crippen LogP contribution in [0.3, 0.4) is 0 Å². The highest BCUT2D eigenvalue weighted by molar-refractivity contribution is 7.25. The maximum Gasteiger partial charge on any atom is 0.160 e. The molecule has 0 atom stereocenters. The van der Waals surface area contributed by atoms with Gasteiger partial charge in [-0.15, -0.1) is 11.3 Å². The molecule has 11 aromatic carbocycles. The Morgan fingerprint density at radius 1 is 0.314 bits per heavy atom. The maximum absolute atomic E-state index is 5.43. The maximum atomic E-state index is 5.43. The van der Waals surface area contributed by atoms with Crippen LogP contribution in [0, 0.1) is 0 Å². The van der Waals surface area contributed by atoms with E-state index in [9.17, 15) is 0 Å². The molecular formula is C67H44N2S. The number of benzene rings is 11. The van der Waals surface area contributed by atoms with Crippen LogP contribution in [0.25, 0.3) is 131 Å². The largest absolute Gasteiger partial charge is 0.228 e. The van der Waals surface area contributed by atoms with Crippen molar-refractivity contribution in [1.82, 2.24) is 9.97 Å². The van der Waals surface area contributed by atoms with E-state index < -0.39 is 0 Å². The lowest BCUT2D eigenvalue weighted by Crippen LogP contribution is -2.14. The zero-order valence-corrected chi connectivity index (χ0v) is 39.6. The van der Waals surface area contributed by atoms with Crippen molar-refractivity contribution in [3.63, 3.8) is 0 Å². The van der Waals surface area contributed by atoms with Crippen LogP contribution in [0.1, 0.15) is 25.0 Å². The summed E-state index contributed by atoms with van der Waals surface area (Å²) in [6.45, 7) is 4.71. The van der Waals surface area contributed by atoms with Crippen LogP contribution in [-0.4, -0.2) is 9.97 Å². The zero-order valence-electron chi connectivity index (χ0n) is 38.7. The SMILES string of the molecule is CC1(C)c2cc3ccccc3cc2-c2c(-c3cc(-c4ccc(-c5cc(-c6ccc7sc8ccccc8c7c6)cc(-c6cccc7ccccc67)c5)c5ccccc45)nc(-c4ccccc4)n3)cccc21. The van der Waals surface area contributed by atoms with Gasteiger partial charge in [-0.2, -0.15) is 0 Å². The first-order valence-electron chi connectivity index (χ1n) is 24.1. The molecule has 1 aliphatic rings. The van der Waals surface area contributed by atoms with Crippen molar-refractivity contribution in [3.8, 4) is 78.4 Å². The standard InChI is InChI=1S/C67H44N2S/c1-67(2)59-28-15-27-56(65(59)58-38-43-19-6-7-20-44(43)39-60(58)67)62-40-61(68-66(69-62)42-17-4-3-5-18-42)54-32-31-51(52-23-10-11-24-53(52)54)48-35-46(34-47(36-48)50-26-14-21-41-16-8-9-22-49(41)50)45-30-33-64-57(37-45)55-25-12-13-29-63(55)70-64/h3-40H,1-2H3. The van der Waals surface area contributed by atoms with Gasteiger partial charge in [0.25, 0.3) is 0 Å². The van der Waals surface area contributed by atoms with Crippen molar-refractivity contribution in [2.24, 2.45) is 0 Å². The summed E-state index contributed by atoms with van der Waals surface area (Å²) in [6, 6.07) is 84.6. The Kier molecular flexibility index (Phi) is 9.14. The average molecular weight is 909 g/mol. The van der Waals surface area contributed by atoms with Crippen LogP contribution >= 0.6 is 11.3 Å². The minimum absolute atomic E-state index is 0.176. The number of aromatic nitrogens is 2. The molecule has 0 saturated heterocycles. The minimum atomic E-state index is -0.176. The molecule has 328 valence electrons. The highest BCUT2D eigenvalue weighted by atomic mass is 32.1. The topological polar surface area (TPSA) is 25.8 Å². The lowest BCUT2D eigenvalue weighted by molar-refractivity contribution is 0.661. The van der Waals surface area contributed by atoms with E-state index in [1.54, 1.807) is 0 Å². The summed E-state index contributed by atoms with van der Waals surface area (Å²) >= 11 is 1.86. The molecule has 0 unspecified atom stereocenters. The third kappa shape index (κ3) is 6.46. The Morgan fingerprint density at radius 3 is 1.69 bits per heavy atom. The predicted molar refractivity (Wildman–Crippen MR) is 298 cm³/mol. The summed E-state index contributed by atoms with van der Waals surface area (Å²) in [6.07, 6.45) is 0. The number of rotatable bonds is 6. The van der Waals surface area contributed by atoms with E-state index in [1.807, 2.05) is 11.3 Å². The Balaban J connectivity index is 0.971. The molecular weight excluding hydrogens is 865 g/mol. The van der Waals surface area contributed by atoms with Crippen molar-refractivity contribution in [1.29, 1.82) is 0 Å². The lowest BCUT2D eigenvalue weighted by atomic mass is 9.81. The van der Waals surface area contributed by atoms with Gasteiger partial charge in [0, 0.05) is 42.3 Å². The molecule has 1 aliphatic carbocycles. The first-order chi connectivity index (χ1) is 34.4. The monoisotopic (exact) mass is 908 g/mol. The van der Waals surface area contributed by atoms with Gasteiger partial charge in [-0.05, 0) is 143 Å². The quantitative estimate of drug-likeness (QED) is 0.166. The Labute approximate surface area is 410 Å². The van der Waals surface area contributed by atoms with Crippen LogP contribution in [0.5, 0.6) is 0 Å². The van der Waals surface area contributed by atoms with Crippen LogP contribution < -0.4 is 0 Å². The van der Waals surface area contributed by atoms with E-state index in [2.05, 4.69) is 244 Å². The van der Waals surface area contributed by atoms with Crippen molar-refractivity contribution < 1.29 is 0 Å². The fraction of sp³-hybridized carbons (Fsp3) is 0.0448. The molecule has 0 spiro atoms. The first-order valence-corrected chi connectivity index (χ1v) is 24.9. The third-order valence-electron chi connectivity index (χ3n) is 14.9. The molecule has 0 N–H and O–H groups in total. The fourth-order valence-electron chi connectivity index (χ4n) is 11.4. The Bertz CT molecular complexity index is 4270. The van der Waals surface area contributed by atoms with Crippen LogP contribution in [-0.2, 0) is 5.41 Å². The van der Waals surface area contributed by atoms with Crippen molar-refractivity contribution in [3.05, 3.63) is 242 Å². The number of hydrogen-bond donors (Lipinski definition) is 0. The van der Waals surface area contributed by atoms with Gasteiger partial charge in [0.05, 0.1) is 11.4 Å². The number of thiophene rings is 1. The van der Waals surface area contributed by atoms with Crippen LogP contribution in [0.15, 0.2) is 231 Å². The first kappa shape index (κ1) is 40.6. The molecule has 0 bridgehead atoms. The summed E-state index contributed by atoms with van der Waals surface area (Å²) < 4.78 is 2.62. The molecule has 0 aliphatic heterocycles.